The Kier molecular flexibility index (Phi) is 3.54. The molecule has 2 aromatic rings. The number of benzene rings is 1. The molecule has 1 N–H and O–H groups in total. The van der Waals surface area contributed by atoms with Crippen molar-refractivity contribution >= 4 is 0 Å². The zero-order valence-electron chi connectivity index (χ0n) is 10.6. The molecule has 17 heavy (non-hydrogen) atoms. The monoisotopic (exact) mass is 230 g/mol. The highest BCUT2D eigenvalue weighted by Gasteiger charge is 2.09. The van der Waals surface area contributed by atoms with Gasteiger partial charge in [-0.1, -0.05) is 29.8 Å². The van der Waals surface area contributed by atoms with Crippen molar-refractivity contribution in [1.82, 2.24) is 20.1 Å². The van der Waals surface area contributed by atoms with Crippen molar-refractivity contribution < 1.29 is 0 Å². The Morgan fingerprint density at radius 2 is 1.88 bits per heavy atom. The van der Waals surface area contributed by atoms with Crippen molar-refractivity contribution in [3.8, 4) is 11.4 Å². The number of likely N-dealkylation sites (N-methyl/N-ethyl adjacent to an activating group) is 1. The standard InChI is InChI=1S/C13H18N4/c1-10-4-6-11(7-5-10)13-16-15-12(17(13)3)8-9-14-2/h4-7,14H,8-9H2,1-3H3. The van der Waals surface area contributed by atoms with Gasteiger partial charge in [-0.2, -0.15) is 0 Å². The summed E-state index contributed by atoms with van der Waals surface area (Å²) in [6.45, 7) is 3.00. The van der Waals surface area contributed by atoms with Crippen molar-refractivity contribution in [2.75, 3.05) is 13.6 Å². The SMILES string of the molecule is CNCCc1nnc(-c2ccc(C)cc2)n1C. The van der Waals surface area contributed by atoms with Gasteiger partial charge in [0.25, 0.3) is 0 Å². The van der Waals surface area contributed by atoms with Crippen molar-refractivity contribution in [1.29, 1.82) is 0 Å². The third kappa shape index (κ3) is 2.53. The summed E-state index contributed by atoms with van der Waals surface area (Å²) in [5.41, 5.74) is 2.37. The van der Waals surface area contributed by atoms with Gasteiger partial charge in [0, 0.05) is 25.6 Å². The van der Waals surface area contributed by atoms with Crippen LogP contribution in [0.1, 0.15) is 11.4 Å². The molecule has 4 heteroatoms. The van der Waals surface area contributed by atoms with E-state index in [1.165, 1.54) is 5.56 Å². The maximum atomic E-state index is 4.25. The molecule has 0 aliphatic heterocycles. The molecule has 0 aliphatic rings. The molecule has 1 aromatic heterocycles. The molecule has 90 valence electrons. The molecule has 0 spiro atoms. The van der Waals surface area contributed by atoms with E-state index in [0.717, 1.165) is 30.2 Å². The van der Waals surface area contributed by atoms with Crippen LogP contribution in [0.3, 0.4) is 0 Å². The minimum Gasteiger partial charge on any atom is -0.319 e. The average molecular weight is 230 g/mol. The van der Waals surface area contributed by atoms with Gasteiger partial charge in [0.1, 0.15) is 5.82 Å². The molecule has 1 heterocycles. The van der Waals surface area contributed by atoms with Crippen LogP contribution in [0.25, 0.3) is 11.4 Å². The van der Waals surface area contributed by atoms with Gasteiger partial charge in [-0.15, -0.1) is 10.2 Å². The van der Waals surface area contributed by atoms with Crippen LogP contribution >= 0.6 is 0 Å². The molecule has 1 aromatic carbocycles. The number of rotatable bonds is 4. The topological polar surface area (TPSA) is 42.7 Å². The highest BCUT2D eigenvalue weighted by Crippen LogP contribution is 2.17. The zero-order chi connectivity index (χ0) is 12.3. The first-order valence-corrected chi connectivity index (χ1v) is 5.82. The van der Waals surface area contributed by atoms with Gasteiger partial charge >= 0.3 is 0 Å². The Balaban J connectivity index is 2.27. The molecule has 0 radical (unpaired) electrons. The Labute approximate surface area is 102 Å². The second-order valence-corrected chi connectivity index (χ2v) is 4.22. The van der Waals surface area contributed by atoms with E-state index in [0.29, 0.717) is 0 Å². The second kappa shape index (κ2) is 5.10. The van der Waals surface area contributed by atoms with Gasteiger partial charge in [0.2, 0.25) is 0 Å². The number of nitrogens with zero attached hydrogens (tertiary/aromatic N) is 3. The van der Waals surface area contributed by atoms with Crippen molar-refractivity contribution in [2.45, 2.75) is 13.3 Å². The van der Waals surface area contributed by atoms with Crippen LogP contribution in [0, 0.1) is 6.92 Å². The summed E-state index contributed by atoms with van der Waals surface area (Å²) < 4.78 is 2.06. The highest BCUT2D eigenvalue weighted by atomic mass is 15.3. The fourth-order valence-electron chi connectivity index (χ4n) is 1.77. The Hall–Kier alpha value is -1.68. The van der Waals surface area contributed by atoms with Gasteiger partial charge in [0.15, 0.2) is 5.82 Å². The third-order valence-corrected chi connectivity index (χ3v) is 2.87. The van der Waals surface area contributed by atoms with Crippen LogP contribution in [0.5, 0.6) is 0 Å². The summed E-state index contributed by atoms with van der Waals surface area (Å²) in [7, 11) is 3.96. The first-order valence-electron chi connectivity index (χ1n) is 5.82. The van der Waals surface area contributed by atoms with E-state index in [4.69, 9.17) is 0 Å². The summed E-state index contributed by atoms with van der Waals surface area (Å²) >= 11 is 0. The van der Waals surface area contributed by atoms with Crippen molar-refractivity contribution in [3.63, 3.8) is 0 Å². The molecule has 0 atom stereocenters. The van der Waals surface area contributed by atoms with Crippen LogP contribution in [0.15, 0.2) is 24.3 Å². The Morgan fingerprint density at radius 1 is 1.18 bits per heavy atom. The zero-order valence-corrected chi connectivity index (χ0v) is 10.6. The molecule has 0 saturated heterocycles. The maximum Gasteiger partial charge on any atom is 0.163 e. The van der Waals surface area contributed by atoms with Gasteiger partial charge in [-0.25, -0.2) is 0 Å². The van der Waals surface area contributed by atoms with E-state index in [2.05, 4.69) is 51.3 Å². The van der Waals surface area contributed by atoms with E-state index in [-0.39, 0.29) is 0 Å². The fraction of sp³-hybridized carbons (Fsp3) is 0.385. The van der Waals surface area contributed by atoms with Gasteiger partial charge < -0.3 is 9.88 Å². The van der Waals surface area contributed by atoms with Crippen LogP contribution in [0.2, 0.25) is 0 Å². The predicted molar refractivity (Wildman–Crippen MR) is 68.8 cm³/mol. The lowest BCUT2D eigenvalue weighted by atomic mass is 10.1. The van der Waals surface area contributed by atoms with E-state index in [9.17, 15) is 0 Å². The normalized spacial score (nSPS) is 10.8. The lowest BCUT2D eigenvalue weighted by Crippen LogP contribution is -2.13. The summed E-state index contributed by atoms with van der Waals surface area (Å²) in [5.74, 6) is 1.94. The second-order valence-electron chi connectivity index (χ2n) is 4.22. The largest absolute Gasteiger partial charge is 0.319 e. The summed E-state index contributed by atoms with van der Waals surface area (Å²) in [6.07, 6.45) is 0.895. The van der Waals surface area contributed by atoms with Crippen molar-refractivity contribution in [3.05, 3.63) is 35.7 Å². The smallest absolute Gasteiger partial charge is 0.163 e. The molecule has 0 fully saturated rings. The first-order chi connectivity index (χ1) is 8.22. The quantitative estimate of drug-likeness (QED) is 0.866. The van der Waals surface area contributed by atoms with Gasteiger partial charge in [-0.05, 0) is 14.0 Å². The summed E-state index contributed by atoms with van der Waals surface area (Å²) in [4.78, 5) is 0. The number of hydrogen-bond donors (Lipinski definition) is 1. The number of nitrogens with one attached hydrogen (secondary N) is 1. The highest BCUT2D eigenvalue weighted by molar-refractivity contribution is 5.55. The first kappa shape index (κ1) is 11.8. The Bertz CT molecular complexity index is 485. The van der Waals surface area contributed by atoms with Crippen molar-refractivity contribution in [2.24, 2.45) is 7.05 Å². The molecule has 4 nitrogen and oxygen atoms in total. The molecule has 2 rings (SSSR count). The summed E-state index contributed by atoms with van der Waals surface area (Å²) in [6, 6.07) is 8.36. The van der Waals surface area contributed by atoms with E-state index in [1.807, 2.05) is 14.1 Å². The van der Waals surface area contributed by atoms with Gasteiger partial charge in [-0.3, -0.25) is 0 Å². The maximum absolute atomic E-state index is 4.25. The van der Waals surface area contributed by atoms with E-state index >= 15 is 0 Å². The molecule has 0 unspecified atom stereocenters. The summed E-state index contributed by atoms with van der Waals surface area (Å²) in [5, 5.41) is 11.6. The number of hydrogen-bond acceptors (Lipinski definition) is 3. The lowest BCUT2D eigenvalue weighted by molar-refractivity contribution is 0.718. The molecular formula is C13H18N4. The van der Waals surface area contributed by atoms with Crippen LogP contribution in [-0.2, 0) is 13.5 Å². The van der Waals surface area contributed by atoms with E-state index < -0.39 is 0 Å². The molecule has 0 amide bonds. The van der Waals surface area contributed by atoms with Crippen LogP contribution in [-0.4, -0.2) is 28.4 Å². The van der Waals surface area contributed by atoms with Gasteiger partial charge in [0.05, 0.1) is 0 Å². The number of aromatic nitrogens is 3. The van der Waals surface area contributed by atoms with Crippen LogP contribution < -0.4 is 5.32 Å². The third-order valence-electron chi connectivity index (χ3n) is 2.87. The molecular weight excluding hydrogens is 212 g/mol. The van der Waals surface area contributed by atoms with E-state index in [1.54, 1.807) is 0 Å². The Morgan fingerprint density at radius 3 is 2.53 bits per heavy atom. The molecule has 0 bridgehead atoms. The lowest BCUT2D eigenvalue weighted by Gasteiger charge is -2.04. The predicted octanol–water partition coefficient (Wildman–Crippen LogP) is 1.55. The molecule has 0 saturated carbocycles. The minimum atomic E-state index is 0.895. The minimum absolute atomic E-state index is 0.895. The number of aryl methyl sites for hydroxylation is 1. The van der Waals surface area contributed by atoms with Crippen LogP contribution in [0.4, 0.5) is 0 Å². The fourth-order valence-corrected chi connectivity index (χ4v) is 1.77. The average Bonchev–Trinajstić information content (AvgIpc) is 2.69. The molecule has 0 aliphatic carbocycles.